The molecule has 0 fully saturated rings. The molecule has 2 heterocycles. The molecular weight excluding hydrogens is 334 g/mol. The number of thiazole rings is 1. The molecular formula is C11H12BrN3OS2. The second-order valence-corrected chi connectivity index (χ2v) is 6.48. The molecule has 3 N–H and O–H groups in total. The fourth-order valence-corrected chi connectivity index (χ4v) is 3.40. The standard InChI is InChI=1S/C11H12BrN3OS2/c1-6(3-13)10(16)15-11-14-8(5-18-11)9-2-7(12)4-17-9/h2,4-6H,3,13H2,1H3,(H,14,15,16). The molecule has 0 bridgehead atoms. The number of aromatic nitrogens is 1. The first-order valence-electron chi connectivity index (χ1n) is 5.31. The minimum atomic E-state index is -0.201. The summed E-state index contributed by atoms with van der Waals surface area (Å²) in [4.78, 5) is 17.1. The van der Waals surface area contributed by atoms with E-state index >= 15 is 0 Å². The zero-order valence-corrected chi connectivity index (χ0v) is 12.9. The molecule has 2 rings (SSSR count). The van der Waals surface area contributed by atoms with Crippen molar-refractivity contribution >= 4 is 49.6 Å². The van der Waals surface area contributed by atoms with Crippen LogP contribution < -0.4 is 11.1 Å². The van der Waals surface area contributed by atoms with Crippen LogP contribution in [0.4, 0.5) is 5.13 Å². The molecule has 1 unspecified atom stereocenters. The van der Waals surface area contributed by atoms with Gasteiger partial charge in [-0.3, -0.25) is 4.79 Å². The highest BCUT2D eigenvalue weighted by molar-refractivity contribution is 9.10. The van der Waals surface area contributed by atoms with Crippen molar-refractivity contribution in [1.82, 2.24) is 4.98 Å². The normalized spacial score (nSPS) is 12.4. The Morgan fingerprint density at radius 3 is 2.94 bits per heavy atom. The van der Waals surface area contributed by atoms with E-state index in [1.165, 1.54) is 11.3 Å². The van der Waals surface area contributed by atoms with Crippen molar-refractivity contribution in [2.45, 2.75) is 6.92 Å². The monoisotopic (exact) mass is 345 g/mol. The maximum absolute atomic E-state index is 11.7. The van der Waals surface area contributed by atoms with Crippen LogP contribution in [0.3, 0.4) is 0 Å². The Labute approximate surface area is 121 Å². The molecule has 0 aliphatic heterocycles. The SMILES string of the molecule is CC(CN)C(=O)Nc1nc(-c2cc(Br)cs2)cs1. The smallest absolute Gasteiger partial charge is 0.230 e. The quantitative estimate of drug-likeness (QED) is 0.894. The summed E-state index contributed by atoms with van der Waals surface area (Å²) in [5.41, 5.74) is 6.33. The van der Waals surface area contributed by atoms with E-state index in [0.717, 1.165) is 15.0 Å². The van der Waals surface area contributed by atoms with Crippen LogP contribution in [-0.2, 0) is 4.79 Å². The number of nitrogens with one attached hydrogen (secondary N) is 1. The third-order valence-electron chi connectivity index (χ3n) is 2.36. The Bertz CT molecular complexity index is 552. The second kappa shape index (κ2) is 5.92. The zero-order valence-electron chi connectivity index (χ0n) is 9.64. The molecule has 96 valence electrons. The largest absolute Gasteiger partial charge is 0.330 e. The molecule has 0 spiro atoms. The predicted molar refractivity (Wildman–Crippen MR) is 80.0 cm³/mol. The summed E-state index contributed by atoms with van der Waals surface area (Å²) in [5.74, 6) is -0.293. The zero-order chi connectivity index (χ0) is 13.1. The number of amides is 1. The highest BCUT2D eigenvalue weighted by Gasteiger charge is 2.13. The first-order chi connectivity index (χ1) is 8.60. The summed E-state index contributed by atoms with van der Waals surface area (Å²) in [6, 6.07) is 2.01. The topological polar surface area (TPSA) is 68.0 Å². The molecule has 0 aliphatic rings. The highest BCUT2D eigenvalue weighted by Crippen LogP contribution is 2.31. The third-order valence-corrected chi connectivity index (χ3v) is 4.83. The summed E-state index contributed by atoms with van der Waals surface area (Å²) < 4.78 is 1.04. The van der Waals surface area contributed by atoms with Crippen LogP contribution in [0.1, 0.15) is 6.92 Å². The van der Waals surface area contributed by atoms with Gasteiger partial charge in [-0.15, -0.1) is 22.7 Å². The summed E-state index contributed by atoms with van der Waals surface area (Å²) in [6.45, 7) is 2.13. The molecule has 4 nitrogen and oxygen atoms in total. The molecule has 1 atom stereocenters. The van der Waals surface area contributed by atoms with E-state index < -0.39 is 0 Å². The van der Waals surface area contributed by atoms with E-state index in [1.807, 2.05) is 16.8 Å². The number of thiophene rings is 1. The Hall–Kier alpha value is -0.760. The molecule has 0 saturated heterocycles. The Morgan fingerprint density at radius 2 is 2.33 bits per heavy atom. The molecule has 0 aliphatic carbocycles. The van der Waals surface area contributed by atoms with Gasteiger partial charge in [-0.25, -0.2) is 4.98 Å². The minimum absolute atomic E-state index is 0.0919. The summed E-state index contributed by atoms with van der Waals surface area (Å²) in [7, 11) is 0. The molecule has 2 aromatic rings. The van der Waals surface area contributed by atoms with Crippen LogP contribution in [0.15, 0.2) is 21.3 Å². The fourth-order valence-electron chi connectivity index (χ4n) is 1.23. The Balaban J connectivity index is 2.09. The maximum Gasteiger partial charge on any atom is 0.230 e. The van der Waals surface area contributed by atoms with Crippen molar-refractivity contribution < 1.29 is 4.79 Å². The van der Waals surface area contributed by atoms with Gasteiger partial charge in [0, 0.05) is 27.7 Å². The van der Waals surface area contributed by atoms with Gasteiger partial charge in [0.15, 0.2) is 5.13 Å². The van der Waals surface area contributed by atoms with Crippen LogP contribution in [0.2, 0.25) is 0 Å². The second-order valence-electron chi connectivity index (χ2n) is 3.79. The first-order valence-corrected chi connectivity index (χ1v) is 7.86. The Morgan fingerprint density at radius 1 is 1.56 bits per heavy atom. The van der Waals surface area contributed by atoms with Crippen LogP contribution >= 0.6 is 38.6 Å². The lowest BCUT2D eigenvalue weighted by molar-refractivity contribution is -0.119. The van der Waals surface area contributed by atoms with Gasteiger partial charge in [0.05, 0.1) is 10.6 Å². The van der Waals surface area contributed by atoms with Crippen molar-refractivity contribution in [3.8, 4) is 10.6 Å². The highest BCUT2D eigenvalue weighted by atomic mass is 79.9. The average molecular weight is 346 g/mol. The number of nitrogens with zero attached hydrogens (tertiary/aromatic N) is 1. The molecule has 1 amide bonds. The van der Waals surface area contributed by atoms with Gasteiger partial charge in [0.1, 0.15) is 0 Å². The first kappa shape index (κ1) is 13.7. The molecule has 7 heteroatoms. The van der Waals surface area contributed by atoms with Crippen LogP contribution in [0.25, 0.3) is 10.6 Å². The summed E-state index contributed by atoms with van der Waals surface area (Å²) in [5, 5.41) is 7.32. The van der Waals surface area contributed by atoms with Crippen molar-refractivity contribution in [1.29, 1.82) is 0 Å². The van der Waals surface area contributed by atoms with E-state index in [2.05, 4.69) is 26.2 Å². The maximum atomic E-state index is 11.7. The van der Waals surface area contributed by atoms with Gasteiger partial charge < -0.3 is 11.1 Å². The number of rotatable bonds is 4. The van der Waals surface area contributed by atoms with Gasteiger partial charge in [-0.1, -0.05) is 6.92 Å². The van der Waals surface area contributed by atoms with E-state index in [4.69, 9.17) is 5.73 Å². The summed E-state index contributed by atoms with van der Waals surface area (Å²) in [6.07, 6.45) is 0. The molecule has 0 aromatic carbocycles. The van der Waals surface area contributed by atoms with Gasteiger partial charge in [0.25, 0.3) is 0 Å². The number of carbonyl (C=O) groups is 1. The number of nitrogens with two attached hydrogens (primary N) is 1. The van der Waals surface area contributed by atoms with E-state index in [1.54, 1.807) is 18.3 Å². The number of halogens is 1. The van der Waals surface area contributed by atoms with E-state index in [-0.39, 0.29) is 11.8 Å². The third kappa shape index (κ3) is 3.17. The molecule has 2 aromatic heterocycles. The van der Waals surface area contributed by atoms with Crippen molar-refractivity contribution in [2.24, 2.45) is 11.7 Å². The average Bonchev–Trinajstić information content (AvgIpc) is 2.96. The Kier molecular flexibility index (Phi) is 4.50. The predicted octanol–water partition coefficient (Wildman–Crippen LogP) is 3.17. The summed E-state index contributed by atoms with van der Waals surface area (Å²) >= 11 is 6.43. The van der Waals surface area contributed by atoms with Gasteiger partial charge in [0.2, 0.25) is 5.91 Å². The van der Waals surface area contributed by atoms with Crippen LogP contribution in [0, 0.1) is 5.92 Å². The van der Waals surface area contributed by atoms with Crippen LogP contribution in [-0.4, -0.2) is 17.4 Å². The molecule has 0 saturated carbocycles. The van der Waals surface area contributed by atoms with E-state index in [9.17, 15) is 4.79 Å². The lowest BCUT2D eigenvalue weighted by Gasteiger charge is -2.06. The van der Waals surface area contributed by atoms with Gasteiger partial charge in [-0.2, -0.15) is 0 Å². The molecule has 18 heavy (non-hydrogen) atoms. The lowest BCUT2D eigenvalue weighted by atomic mass is 10.2. The van der Waals surface area contributed by atoms with Crippen molar-refractivity contribution in [3.63, 3.8) is 0 Å². The number of hydrogen-bond donors (Lipinski definition) is 2. The number of carbonyl (C=O) groups excluding carboxylic acids is 1. The number of hydrogen-bond acceptors (Lipinski definition) is 5. The van der Waals surface area contributed by atoms with Crippen molar-refractivity contribution in [2.75, 3.05) is 11.9 Å². The van der Waals surface area contributed by atoms with E-state index in [0.29, 0.717) is 11.7 Å². The molecule has 0 radical (unpaired) electrons. The lowest BCUT2D eigenvalue weighted by Crippen LogP contribution is -2.26. The minimum Gasteiger partial charge on any atom is -0.330 e. The van der Waals surface area contributed by atoms with Crippen LogP contribution in [0.5, 0.6) is 0 Å². The van der Waals surface area contributed by atoms with Crippen molar-refractivity contribution in [3.05, 3.63) is 21.3 Å². The van der Waals surface area contributed by atoms with Gasteiger partial charge >= 0.3 is 0 Å². The fraction of sp³-hybridized carbons (Fsp3) is 0.273. The number of anilines is 1. The van der Waals surface area contributed by atoms with Gasteiger partial charge in [-0.05, 0) is 22.0 Å².